The number of hydrogen-bond acceptors (Lipinski definition) is 5. The molecular weight excluding hydrogens is 502 g/mol. The number of rotatable bonds is 15. The number of nitrogens with one attached hydrogen (secondary N) is 1. The first-order valence-electron chi connectivity index (χ1n) is 14.2. The third-order valence-electron chi connectivity index (χ3n) is 7.07. The number of hydrogen-bond donors (Lipinski definition) is 1. The Hall–Kier alpha value is -4.00. The Morgan fingerprint density at radius 3 is 2.45 bits per heavy atom. The molecule has 0 aliphatic carbocycles. The average Bonchev–Trinajstić information content (AvgIpc) is 3.33. The van der Waals surface area contributed by atoms with Crippen LogP contribution in [0, 0.1) is 0 Å². The first-order valence-corrected chi connectivity index (χ1v) is 14.2. The van der Waals surface area contributed by atoms with Crippen molar-refractivity contribution in [2.45, 2.75) is 58.4 Å². The number of ether oxygens (including phenoxy) is 3. The molecule has 1 amide bonds. The van der Waals surface area contributed by atoms with Gasteiger partial charge in [0.05, 0.1) is 31.9 Å². The number of methoxy groups -OCH3 is 2. The van der Waals surface area contributed by atoms with Crippen LogP contribution in [0.25, 0.3) is 11.0 Å². The van der Waals surface area contributed by atoms with Crippen LogP contribution < -0.4 is 19.5 Å². The molecule has 0 unspecified atom stereocenters. The molecule has 0 atom stereocenters. The second-order valence-corrected chi connectivity index (χ2v) is 10.2. The van der Waals surface area contributed by atoms with E-state index in [0.717, 1.165) is 55.7 Å². The molecule has 0 bridgehead atoms. The number of aromatic nitrogens is 2. The van der Waals surface area contributed by atoms with E-state index in [1.165, 1.54) is 11.1 Å². The van der Waals surface area contributed by atoms with Crippen molar-refractivity contribution in [2.75, 3.05) is 27.4 Å². The molecule has 7 heteroatoms. The van der Waals surface area contributed by atoms with Gasteiger partial charge in [-0.1, -0.05) is 50.6 Å². The number of para-hydroxylation sites is 3. The number of benzene rings is 3. The predicted octanol–water partition coefficient (Wildman–Crippen LogP) is 6.79. The van der Waals surface area contributed by atoms with Crippen molar-refractivity contribution in [1.82, 2.24) is 14.9 Å². The SMILES string of the molecule is COc1ccc(C(=O)NCCCCCc2nc3ccccc3n2CCCOc2ccccc2C(C)C)cc1OC. The van der Waals surface area contributed by atoms with Gasteiger partial charge in [0.25, 0.3) is 5.91 Å². The molecule has 0 saturated carbocycles. The van der Waals surface area contributed by atoms with Gasteiger partial charge in [-0.3, -0.25) is 4.79 Å². The highest BCUT2D eigenvalue weighted by Crippen LogP contribution is 2.28. The number of carbonyl (C=O) groups excluding carboxylic acids is 1. The van der Waals surface area contributed by atoms with E-state index in [1.54, 1.807) is 32.4 Å². The molecule has 0 saturated heterocycles. The zero-order valence-corrected chi connectivity index (χ0v) is 24.1. The van der Waals surface area contributed by atoms with Gasteiger partial charge in [0.2, 0.25) is 0 Å². The van der Waals surface area contributed by atoms with Gasteiger partial charge in [0.15, 0.2) is 11.5 Å². The van der Waals surface area contributed by atoms with Crippen LogP contribution in [-0.4, -0.2) is 42.8 Å². The molecule has 4 rings (SSSR count). The Bertz CT molecular complexity index is 1400. The number of imidazole rings is 1. The molecule has 1 aromatic heterocycles. The first-order chi connectivity index (χ1) is 19.5. The topological polar surface area (TPSA) is 74.6 Å². The van der Waals surface area contributed by atoms with Crippen molar-refractivity contribution >= 4 is 16.9 Å². The van der Waals surface area contributed by atoms with Crippen LogP contribution in [0.1, 0.15) is 67.2 Å². The Balaban J connectivity index is 1.25. The van der Waals surface area contributed by atoms with E-state index in [4.69, 9.17) is 19.2 Å². The summed E-state index contributed by atoms with van der Waals surface area (Å²) in [5.41, 5.74) is 4.01. The van der Waals surface area contributed by atoms with E-state index < -0.39 is 0 Å². The minimum absolute atomic E-state index is 0.110. The molecule has 0 radical (unpaired) electrons. The lowest BCUT2D eigenvalue weighted by atomic mass is 10.0. The number of amides is 1. The van der Waals surface area contributed by atoms with Crippen molar-refractivity contribution in [1.29, 1.82) is 0 Å². The van der Waals surface area contributed by atoms with E-state index >= 15 is 0 Å². The summed E-state index contributed by atoms with van der Waals surface area (Å²) in [5, 5.41) is 3.01. The molecule has 3 aromatic carbocycles. The highest BCUT2D eigenvalue weighted by molar-refractivity contribution is 5.94. The Kier molecular flexibility index (Phi) is 10.4. The number of unbranched alkanes of at least 4 members (excludes halogenated alkanes) is 2. The third-order valence-corrected chi connectivity index (χ3v) is 7.07. The van der Waals surface area contributed by atoms with Gasteiger partial charge in [-0.2, -0.15) is 0 Å². The number of aryl methyl sites for hydroxylation is 2. The molecule has 1 heterocycles. The summed E-state index contributed by atoms with van der Waals surface area (Å²) in [6, 6.07) is 21.8. The third kappa shape index (κ3) is 7.34. The quantitative estimate of drug-likeness (QED) is 0.167. The highest BCUT2D eigenvalue weighted by Gasteiger charge is 2.12. The maximum Gasteiger partial charge on any atom is 0.251 e. The minimum Gasteiger partial charge on any atom is -0.493 e. The zero-order valence-electron chi connectivity index (χ0n) is 24.1. The number of nitrogens with zero attached hydrogens (tertiary/aromatic N) is 2. The van der Waals surface area contributed by atoms with Crippen LogP contribution in [0.2, 0.25) is 0 Å². The van der Waals surface area contributed by atoms with Crippen LogP contribution >= 0.6 is 0 Å². The molecule has 0 spiro atoms. The van der Waals surface area contributed by atoms with Gasteiger partial charge < -0.3 is 24.1 Å². The van der Waals surface area contributed by atoms with Gasteiger partial charge in [-0.05, 0) is 67.1 Å². The van der Waals surface area contributed by atoms with Crippen LogP contribution in [0.15, 0.2) is 66.7 Å². The van der Waals surface area contributed by atoms with E-state index in [1.807, 2.05) is 12.1 Å². The lowest BCUT2D eigenvalue weighted by molar-refractivity contribution is 0.0952. The summed E-state index contributed by atoms with van der Waals surface area (Å²) in [7, 11) is 3.14. The van der Waals surface area contributed by atoms with Gasteiger partial charge in [-0.15, -0.1) is 0 Å². The fourth-order valence-corrected chi connectivity index (χ4v) is 4.93. The van der Waals surface area contributed by atoms with E-state index in [0.29, 0.717) is 36.1 Å². The summed E-state index contributed by atoms with van der Waals surface area (Å²) < 4.78 is 19.1. The van der Waals surface area contributed by atoms with Crippen molar-refractivity contribution in [3.63, 3.8) is 0 Å². The second kappa shape index (κ2) is 14.4. The minimum atomic E-state index is -0.110. The second-order valence-electron chi connectivity index (χ2n) is 10.2. The van der Waals surface area contributed by atoms with E-state index in [2.05, 4.69) is 60.1 Å². The molecule has 0 aliphatic heterocycles. The molecule has 40 heavy (non-hydrogen) atoms. The van der Waals surface area contributed by atoms with Crippen LogP contribution in [0.5, 0.6) is 17.2 Å². The van der Waals surface area contributed by atoms with Crippen molar-refractivity contribution < 1.29 is 19.0 Å². The fourth-order valence-electron chi connectivity index (χ4n) is 4.93. The molecule has 212 valence electrons. The van der Waals surface area contributed by atoms with Gasteiger partial charge >= 0.3 is 0 Å². The van der Waals surface area contributed by atoms with Gasteiger partial charge in [0, 0.05) is 25.1 Å². The maximum atomic E-state index is 12.5. The zero-order chi connectivity index (χ0) is 28.3. The molecule has 0 fully saturated rings. The normalized spacial score (nSPS) is 11.1. The van der Waals surface area contributed by atoms with E-state index in [-0.39, 0.29) is 5.91 Å². The lowest BCUT2D eigenvalue weighted by Gasteiger charge is -2.14. The predicted molar refractivity (Wildman–Crippen MR) is 160 cm³/mol. The molecule has 1 N–H and O–H groups in total. The monoisotopic (exact) mass is 543 g/mol. The lowest BCUT2D eigenvalue weighted by Crippen LogP contribution is -2.24. The molecule has 4 aromatic rings. The molecule has 0 aliphatic rings. The summed E-state index contributed by atoms with van der Waals surface area (Å²) in [6.07, 6.45) is 4.72. The number of fused-ring (bicyclic) bond motifs is 1. The van der Waals surface area contributed by atoms with Gasteiger partial charge in [0.1, 0.15) is 11.6 Å². The summed E-state index contributed by atoms with van der Waals surface area (Å²) >= 11 is 0. The van der Waals surface area contributed by atoms with Gasteiger partial charge in [-0.25, -0.2) is 4.98 Å². The number of carbonyl (C=O) groups is 1. The van der Waals surface area contributed by atoms with Crippen LogP contribution in [-0.2, 0) is 13.0 Å². The molecular formula is C33H41N3O4. The van der Waals surface area contributed by atoms with E-state index in [9.17, 15) is 4.79 Å². The Labute approximate surface area is 237 Å². The first kappa shape index (κ1) is 29.0. The summed E-state index contributed by atoms with van der Waals surface area (Å²) in [5.74, 6) is 3.56. The van der Waals surface area contributed by atoms with Crippen LogP contribution in [0.4, 0.5) is 0 Å². The summed E-state index contributed by atoms with van der Waals surface area (Å²) in [4.78, 5) is 17.5. The molecule has 7 nitrogen and oxygen atoms in total. The average molecular weight is 544 g/mol. The van der Waals surface area contributed by atoms with Crippen LogP contribution in [0.3, 0.4) is 0 Å². The smallest absolute Gasteiger partial charge is 0.251 e. The highest BCUT2D eigenvalue weighted by atomic mass is 16.5. The Morgan fingerprint density at radius 2 is 1.65 bits per heavy atom. The fraction of sp³-hybridized carbons (Fsp3) is 0.394. The Morgan fingerprint density at radius 1 is 0.875 bits per heavy atom. The maximum absolute atomic E-state index is 12.5. The summed E-state index contributed by atoms with van der Waals surface area (Å²) in [6.45, 7) is 6.53. The van der Waals surface area contributed by atoms with Crippen molar-refractivity contribution in [3.05, 3.63) is 83.7 Å². The van der Waals surface area contributed by atoms with Crippen molar-refractivity contribution in [3.8, 4) is 17.2 Å². The van der Waals surface area contributed by atoms with Crippen molar-refractivity contribution in [2.24, 2.45) is 0 Å². The standard InChI is InChI=1S/C33H41N3O4/c1-24(2)26-13-7-10-16-29(26)40-22-12-21-36-28-15-9-8-14-27(28)35-32(36)17-6-5-11-20-34-33(37)25-18-19-30(38-3)31(23-25)39-4/h7-10,13-16,18-19,23-24H,5-6,11-12,17,20-22H2,1-4H3,(H,34,37). The largest absolute Gasteiger partial charge is 0.493 e.